The SMILES string of the molecule is CN1CC[C@@H](n2ccc3cc(-c4ccc(-n5ccnn5)cc4O)nnc32)CC1(C)C. The molecule has 1 atom stereocenters. The number of nitrogens with zero attached hydrogens (tertiary/aromatic N) is 7. The second-order valence-corrected chi connectivity index (χ2v) is 8.66. The largest absolute Gasteiger partial charge is 0.507 e. The molecular weight excluding hydrogens is 378 g/mol. The van der Waals surface area contributed by atoms with Crippen molar-refractivity contribution in [2.45, 2.75) is 38.3 Å². The summed E-state index contributed by atoms with van der Waals surface area (Å²) in [5, 5.41) is 28.3. The molecule has 1 aliphatic rings. The van der Waals surface area contributed by atoms with Crippen molar-refractivity contribution in [2.75, 3.05) is 13.6 Å². The van der Waals surface area contributed by atoms with Crippen LogP contribution in [0.1, 0.15) is 32.7 Å². The van der Waals surface area contributed by atoms with Gasteiger partial charge in [-0.25, -0.2) is 4.68 Å². The molecule has 0 amide bonds. The Labute approximate surface area is 174 Å². The number of aromatic nitrogens is 6. The molecule has 0 aliphatic carbocycles. The van der Waals surface area contributed by atoms with E-state index in [4.69, 9.17) is 0 Å². The summed E-state index contributed by atoms with van der Waals surface area (Å²) in [5.74, 6) is 0.133. The monoisotopic (exact) mass is 403 g/mol. The first-order valence-corrected chi connectivity index (χ1v) is 10.2. The molecule has 1 aromatic carbocycles. The van der Waals surface area contributed by atoms with Crippen molar-refractivity contribution in [3.05, 3.63) is 48.9 Å². The van der Waals surface area contributed by atoms with E-state index in [-0.39, 0.29) is 11.3 Å². The predicted molar refractivity (Wildman–Crippen MR) is 115 cm³/mol. The highest BCUT2D eigenvalue weighted by molar-refractivity contribution is 5.81. The Morgan fingerprint density at radius 1 is 1.10 bits per heavy atom. The fourth-order valence-corrected chi connectivity index (χ4v) is 4.32. The van der Waals surface area contributed by atoms with Crippen LogP contribution in [0.5, 0.6) is 5.75 Å². The van der Waals surface area contributed by atoms with Crippen LogP contribution in [0, 0.1) is 0 Å². The zero-order valence-corrected chi connectivity index (χ0v) is 17.4. The van der Waals surface area contributed by atoms with Crippen molar-refractivity contribution < 1.29 is 5.11 Å². The lowest BCUT2D eigenvalue weighted by atomic mass is 9.87. The molecule has 1 fully saturated rings. The molecule has 1 N–H and O–H groups in total. The number of fused-ring (bicyclic) bond motifs is 1. The van der Waals surface area contributed by atoms with E-state index in [1.54, 1.807) is 23.1 Å². The first kappa shape index (κ1) is 18.7. The van der Waals surface area contributed by atoms with Gasteiger partial charge >= 0.3 is 0 Å². The molecule has 3 aromatic heterocycles. The normalized spacial score (nSPS) is 19.4. The molecule has 0 spiro atoms. The number of piperidine rings is 1. The molecule has 1 aliphatic heterocycles. The van der Waals surface area contributed by atoms with Crippen LogP contribution in [0.4, 0.5) is 0 Å². The average molecular weight is 403 g/mol. The molecule has 4 heterocycles. The maximum atomic E-state index is 10.6. The summed E-state index contributed by atoms with van der Waals surface area (Å²) in [6, 6.07) is 9.84. The summed E-state index contributed by atoms with van der Waals surface area (Å²) in [4.78, 5) is 2.42. The van der Waals surface area contributed by atoms with E-state index in [9.17, 15) is 5.11 Å². The van der Waals surface area contributed by atoms with E-state index < -0.39 is 0 Å². The van der Waals surface area contributed by atoms with Gasteiger partial charge in [0.15, 0.2) is 5.65 Å². The Bertz CT molecular complexity index is 1200. The first-order valence-electron chi connectivity index (χ1n) is 10.2. The number of hydrogen-bond donors (Lipinski definition) is 1. The quantitative estimate of drug-likeness (QED) is 0.564. The highest BCUT2D eigenvalue weighted by Gasteiger charge is 2.33. The average Bonchev–Trinajstić information content (AvgIpc) is 3.39. The lowest BCUT2D eigenvalue weighted by Gasteiger charge is -2.44. The second kappa shape index (κ2) is 6.91. The number of phenols is 1. The fourth-order valence-electron chi connectivity index (χ4n) is 4.32. The first-order chi connectivity index (χ1) is 14.4. The van der Waals surface area contributed by atoms with Gasteiger partial charge in [-0.3, -0.25) is 0 Å². The fraction of sp³-hybridized carbons (Fsp3) is 0.364. The third kappa shape index (κ3) is 3.13. The van der Waals surface area contributed by atoms with Crippen LogP contribution in [0.15, 0.2) is 48.9 Å². The maximum Gasteiger partial charge on any atom is 0.162 e. The van der Waals surface area contributed by atoms with E-state index in [2.05, 4.69) is 63.1 Å². The van der Waals surface area contributed by atoms with Gasteiger partial charge in [-0.1, -0.05) is 5.21 Å². The number of likely N-dealkylation sites (tertiary alicyclic amines) is 1. The topological polar surface area (TPSA) is 84.9 Å². The summed E-state index contributed by atoms with van der Waals surface area (Å²) in [6.45, 7) is 5.65. The van der Waals surface area contributed by atoms with Gasteiger partial charge in [0.1, 0.15) is 5.75 Å². The number of aromatic hydroxyl groups is 1. The minimum atomic E-state index is 0.133. The molecule has 0 bridgehead atoms. The summed E-state index contributed by atoms with van der Waals surface area (Å²) in [6.07, 6.45) is 7.61. The smallest absolute Gasteiger partial charge is 0.162 e. The Hall–Kier alpha value is -3.26. The third-order valence-corrected chi connectivity index (χ3v) is 6.37. The molecular formula is C22H25N7O. The summed E-state index contributed by atoms with van der Waals surface area (Å²) in [5.41, 5.74) is 3.07. The van der Waals surface area contributed by atoms with E-state index in [0.717, 1.165) is 36.1 Å². The highest BCUT2D eigenvalue weighted by atomic mass is 16.3. The van der Waals surface area contributed by atoms with Crippen molar-refractivity contribution in [2.24, 2.45) is 0 Å². The standard InChI is InChI=1S/C22H25N7O/c1-22(2)14-17(7-9-27(22)3)28-10-6-15-12-19(24-25-21(15)28)18-5-4-16(13-20(18)30)29-11-8-23-26-29/h4-6,8,10-13,17,30H,7,9,14H2,1-3H3/t17-/m1/s1. The van der Waals surface area contributed by atoms with Gasteiger partial charge in [-0.15, -0.1) is 15.3 Å². The summed E-state index contributed by atoms with van der Waals surface area (Å²) < 4.78 is 3.86. The Kier molecular flexibility index (Phi) is 4.32. The molecule has 0 unspecified atom stereocenters. The van der Waals surface area contributed by atoms with Crippen LogP contribution in [-0.2, 0) is 0 Å². The van der Waals surface area contributed by atoms with Crippen molar-refractivity contribution in [1.29, 1.82) is 0 Å². The van der Waals surface area contributed by atoms with Crippen LogP contribution >= 0.6 is 0 Å². The molecule has 30 heavy (non-hydrogen) atoms. The van der Waals surface area contributed by atoms with Crippen molar-refractivity contribution >= 4 is 11.0 Å². The van der Waals surface area contributed by atoms with Gasteiger partial charge in [0.2, 0.25) is 0 Å². The molecule has 1 saturated heterocycles. The van der Waals surface area contributed by atoms with Gasteiger partial charge in [-0.05, 0) is 58.0 Å². The summed E-state index contributed by atoms with van der Waals surface area (Å²) >= 11 is 0. The second-order valence-electron chi connectivity index (χ2n) is 8.66. The maximum absolute atomic E-state index is 10.6. The van der Waals surface area contributed by atoms with Crippen molar-refractivity contribution in [3.63, 3.8) is 0 Å². The lowest BCUT2D eigenvalue weighted by Crippen LogP contribution is -2.47. The van der Waals surface area contributed by atoms with Gasteiger partial charge in [0, 0.05) is 41.3 Å². The minimum Gasteiger partial charge on any atom is -0.507 e. The number of hydrogen-bond acceptors (Lipinski definition) is 6. The van der Waals surface area contributed by atoms with E-state index in [0.29, 0.717) is 17.3 Å². The zero-order valence-electron chi connectivity index (χ0n) is 17.4. The van der Waals surface area contributed by atoms with Crippen LogP contribution in [0.25, 0.3) is 28.0 Å². The van der Waals surface area contributed by atoms with Crippen molar-refractivity contribution in [1.82, 2.24) is 34.7 Å². The van der Waals surface area contributed by atoms with Crippen LogP contribution < -0.4 is 0 Å². The molecule has 8 nitrogen and oxygen atoms in total. The van der Waals surface area contributed by atoms with Crippen LogP contribution in [-0.4, -0.2) is 58.9 Å². The molecule has 8 heteroatoms. The van der Waals surface area contributed by atoms with Gasteiger partial charge in [0.05, 0.1) is 23.8 Å². The predicted octanol–water partition coefficient (Wildman–Crippen LogP) is 3.43. The summed E-state index contributed by atoms with van der Waals surface area (Å²) in [7, 11) is 2.19. The molecule has 0 radical (unpaired) electrons. The molecule has 0 saturated carbocycles. The van der Waals surface area contributed by atoms with Crippen LogP contribution in [0.2, 0.25) is 0 Å². The van der Waals surface area contributed by atoms with Gasteiger partial charge in [0.25, 0.3) is 0 Å². The van der Waals surface area contributed by atoms with Crippen molar-refractivity contribution in [3.8, 4) is 22.7 Å². The lowest BCUT2D eigenvalue weighted by molar-refractivity contribution is 0.0769. The highest BCUT2D eigenvalue weighted by Crippen LogP contribution is 2.36. The molecule has 5 rings (SSSR count). The Balaban J connectivity index is 1.47. The number of rotatable bonds is 3. The number of phenolic OH excluding ortho intramolecular Hbond substituents is 1. The van der Waals surface area contributed by atoms with Gasteiger partial charge in [-0.2, -0.15) is 0 Å². The van der Waals surface area contributed by atoms with E-state index >= 15 is 0 Å². The molecule has 154 valence electrons. The number of benzene rings is 1. The van der Waals surface area contributed by atoms with Crippen LogP contribution in [0.3, 0.4) is 0 Å². The minimum absolute atomic E-state index is 0.133. The Morgan fingerprint density at radius 3 is 2.70 bits per heavy atom. The van der Waals surface area contributed by atoms with E-state index in [1.807, 2.05) is 18.2 Å². The zero-order chi connectivity index (χ0) is 20.9. The Morgan fingerprint density at radius 2 is 1.97 bits per heavy atom. The van der Waals surface area contributed by atoms with E-state index in [1.165, 1.54) is 0 Å². The third-order valence-electron chi connectivity index (χ3n) is 6.37. The van der Waals surface area contributed by atoms with Gasteiger partial charge < -0.3 is 14.6 Å². The molecule has 4 aromatic rings.